The lowest BCUT2D eigenvalue weighted by atomic mass is 10.3. The number of rotatable bonds is 4. The van der Waals surface area contributed by atoms with Crippen LogP contribution in [-0.2, 0) is 0 Å². The molecule has 0 atom stereocenters. The summed E-state index contributed by atoms with van der Waals surface area (Å²) >= 11 is 0. The van der Waals surface area contributed by atoms with Crippen molar-refractivity contribution in [2.24, 2.45) is 0 Å². The Balaban J connectivity index is 2.13. The third-order valence-corrected chi connectivity index (χ3v) is 2.96. The molecule has 2 aromatic heterocycles. The Labute approximate surface area is 105 Å². The number of hydrogen-bond donors (Lipinski definition) is 1. The molecule has 0 saturated carbocycles. The molecule has 5 heteroatoms. The quantitative estimate of drug-likeness (QED) is 0.713. The summed E-state index contributed by atoms with van der Waals surface area (Å²) in [7, 11) is 0. The van der Waals surface area contributed by atoms with Crippen molar-refractivity contribution in [2.75, 3.05) is 11.9 Å². The van der Waals surface area contributed by atoms with Crippen molar-refractivity contribution in [1.29, 1.82) is 0 Å². The molecule has 3 aromatic rings. The Hall–Kier alpha value is -2.17. The largest absolute Gasteiger partial charge is 0.367 e. The van der Waals surface area contributed by atoms with Gasteiger partial charge in [0, 0.05) is 6.54 Å². The van der Waals surface area contributed by atoms with Gasteiger partial charge in [-0.05, 0) is 18.6 Å². The van der Waals surface area contributed by atoms with E-state index >= 15 is 0 Å². The van der Waals surface area contributed by atoms with Crippen LogP contribution in [0.25, 0.3) is 16.7 Å². The number of aromatic nitrogens is 4. The highest BCUT2D eigenvalue weighted by Crippen LogP contribution is 2.19. The number of nitrogens with zero attached hydrogens (tertiary/aromatic N) is 4. The van der Waals surface area contributed by atoms with Gasteiger partial charge in [0.2, 0.25) is 5.65 Å². The summed E-state index contributed by atoms with van der Waals surface area (Å²) in [5.41, 5.74) is 2.76. The number of hydrogen-bond acceptors (Lipinski definition) is 4. The fraction of sp³-hybridized carbons (Fsp3) is 0.308. The first-order chi connectivity index (χ1) is 8.90. The van der Waals surface area contributed by atoms with Crippen LogP contribution in [0, 0.1) is 0 Å². The first kappa shape index (κ1) is 11.0. The second-order valence-electron chi connectivity index (χ2n) is 4.25. The van der Waals surface area contributed by atoms with Gasteiger partial charge in [-0.25, -0.2) is 4.98 Å². The van der Waals surface area contributed by atoms with Gasteiger partial charge >= 0.3 is 0 Å². The average molecular weight is 241 g/mol. The molecule has 0 saturated heterocycles. The van der Waals surface area contributed by atoms with Crippen molar-refractivity contribution >= 4 is 22.5 Å². The van der Waals surface area contributed by atoms with Crippen molar-refractivity contribution in [2.45, 2.75) is 19.8 Å². The molecule has 1 N–H and O–H groups in total. The maximum atomic E-state index is 4.61. The predicted octanol–water partition coefficient (Wildman–Crippen LogP) is 2.49. The Morgan fingerprint density at radius 2 is 2.17 bits per heavy atom. The Kier molecular flexibility index (Phi) is 2.80. The summed E-state index contributed by atoms with van der Waals surface area (Å²) < 4.78 is 1.97. The van der Waals surface area contributed by atoms with E-state index < -0.39 is 0 Å². The van der Waals surface area contributed by atoms with Crippen LogP contribution in [0.3, 0.4) is 0 Å². The minimum atomic E-state index is 0.782. The van der Waals surface area contributed by atoms with Gasteiger partial charge in [-0.1, -0.05) is 25.5 Å². The van der Waals surface area contributed by atoms with Crippen LogP contribution in [0.4, 0.5) is 5.82 Å². The number of unbranched alkanes of at least 4 members (excludes halogenated alkanes) is 1. The van der Waals surface area contributed by atoms with E-state index in [1.165, 1.54) is 0 Å². The standard InChI is InChI=1S/C13H15N5/c1-2-3-8-14-12-13-17-15-9-18(13)11-7-5-4-6-10(11)16-12/h4-7,9H,2-3,8H2,1H3,(H,14,16). The van der Waals surface area contributed by atoms with E-state index in [1.54, 1.807) is 6.33 Å². The molecular formula is C13H15N5. The summed E-state index contributed by atoms with van der Waals surface area (Å²) in [6, 6.07) is 8.00. The van der Waals surface area contributed by atoms with Crippen LogP contribution in [-0.4, -0.2) is 26.1 Å². The van der Waals surface area contributed by atoms with Crippen molar-refractivity contribution < 1.29 is 0 Å². The fourth-order valence-electron chi connectivity index (χ4n) is 2.01. The molecule has 18 heavy (non-hydrogen) atoms. The monoisotopic (exact) mass is 241 g/mol. The van der Waals surface area contributed by atoms with Crippen molar-refractivity contribution in [3.8, 4) is 0 Å². The van der Waals surface area contributed by atoms with Crippen molar-refractivity contribution in [1.82, 2.24) is 19.6 Å². The summed E-state index contributed by atoms with van der Waals surface area (Å²) in [6.07, 6.45) is 4.00. The Bertz CT molecular complexity index is 673. The summed E-state index contributed by atoms with van der Waals surface area (Å²) in [5.74, 6) is 0.805. The maximum absolute atomic E-state index is 4.61. The second-order valence-corrected chi connectivity index (χ2v) is 4.25. The molecule has 0 fully saturated rings. The van der Waals surface area contributed by atoms with Crippen LogP contribution < -0.4 is 5.32 Å². The molecular weight excluding hydrogens is 226 g/mol. The minimum Gasteiger partial charge on any atom is -0.367 e. The lowest BCUT2D eigenvalue weighted by molar-refractivity contribution is 0.831. The Morgan fingerprint density at radius 1 is 1.28 bits per heavy atom. The van der Waals surface area contributed by atoms with Gasteiger partial charge in [-0.2, -0.15) is 0 Å². The third kappa shape index (κ3) is 1.77. The fourth-order valence-corrected chi connectivity index (χ4v) is 2.01. The highest BCUT2D eigenvalue weighted by atomic mass is 15.3. The highest BCUT2D eigenvalue weighted by molar-refractivity contribution is 5.82. The summed E-state index contributed by atoms with van der Waals surface area (Å²) in [5, 5.41) is 11.4. The molecule has 2 heterocycles. The van der Waals surface area contributed by atoms with E-state index in [0.29, 0.717) is 0 Å². The van der Waals surface area contributed by atoms with Crippen molar-refractivity contribution in [3.05, 3.63) is 30.6 Å². The number of anilines is 1. The Morgan fingerprint density at radius 3 is 3.06 bits per heavy atom. The SMILES string of the molecule is CCCCNc1nc2ccccc2n2cnnc12. The van der Waals surface area contributed by atoms with Gasteiger partial charge < -0.3 is 5.32 Å². The molecule has 0 aliphatic heterocycles. The molecule has 0 aliphatic carbocycles. The van der Waals surface area contributed by atoms with Crippen LogP contribution >= 0.6 is 0 Å². The normalized spacial score (nSPS) is 11.2. The molecule has 5 nitrogen and oxygen atoms in total. The summed E-state index contributed by atoms with van der Waals surface area (Å²) in [6.45, 7) is 3.08. The predicted molar refractivity (Wildman–Crippen MR) is 71.7 cm³/mol. The van der Waals surface area contributed by atoms with E-state index in [1.807, 2.05) is 28.7 Å². The van der Waals surface area contributed by atoms with Gasteiger partial charge in [0.25, 0.3) is 0 Å². The molecule has 0 spiro atoms. The molecule has 92 valence electrons. The first-order valence-electron chi connectivity index (χ1n) is 6.22. The van der Waals surface area contributed by atoms with Gasteiger partial charge in [-0.3, -0.25) is 4.40 Å². The minimum absolute atomic E-state index is 0.782. The molecule has 0 unspecified atom stereocenters. The van der Waals surface area contributed by atoms with E-state index in [0.717, 1.165) is 41.9 Å². The van der Waals surface area contributed by atoms with Crippen LogP contribution in [0.15, 0.2) is 30.6 Å². The molecule has 0 aliphatic rings. The van der Waals surface area contributed by atoms with Crippen molar-refractivity contribution in [3.63, 3.8) is 0 Å². The molecule has 0 radical (unpaired) electrons. The van der Waals surface area contributed by atoms with E-state index in [9.17, 15) is 0 Å². The number of para-hydroxylation sites is 2. The maximum Gasteiger partial charge on any atom is 0.203 e. The van der Waals surface area contributed by atoms with E-state index in [-0.39, 0.29) is 0 Å². The number of benzene rings is 1. The third-order valence-electron chi connectivity index (χ3n) is 2.96. The van der Waals surface area contributed by atoms with Gasteiger partial charge in [0.05, 0.1) is 11.0 Å². The van der Waals surface area contributed by atoms with Crippen LogP contribution in [0.5, 0.6) is 0 Å². The molecule has 1 aromatic carbocycles. The lowest BCUT2D eigenvalue weighted by Crippen LogP contribution is -2.05. The highest BCUT2D eigenvalue weighted by Gasteiger charge is 2.08. The average Bonchev–Trinajstić information content (AvgIpc) is 2.89. The number of nitrogens with one attached hydrogen (secondary N) is 1. The zero-order valence-corrected chi connectivity index (χ0v) is 10.3. The zero-order valence-electron chi connectivity index (χ0n) is 10.3. The van der Waals surface area contributed by atoms with E-state index in [4.69, 9.17) is 0 Å². The van der Waals surface area contributed by atoms with E-state index in [2.05, 4.69) is 27.4 Å². The van der Waals surface area contributed by atoms with Crippen LogP contribution in [0.1, 0.15) is 19.8 Å². The smallest absolute Gasteiger partial charge is 0.203 e. The van der Waals surface area contributed by atoms with Gasteiger partial charge in [0.15, 0.2) is 5.82 Å². The van der Waals surface area contributed by atoms with Gasteiger partial charge in [-0.15, -0.1) is 10.2 Å². The molecule has 0 bridgehead atoms. The topological polar surface area (TPSA) is 55.1 Å². The van der Waals surface area contributed by atoms with Crippen LogP contribution in [0.2, 0.25) is 0 Å². The summed E-state index contributed by atoms with van der Waals surface area (Å²) in [4.78, 5) is 4.61. The first-order valence-corrected chi connectivity index (χ1v) is 6.22. The van der Waals surface area contributed by atoms with Gasteiger partial charge in [0.1, 0.15) is 6.33 Å². The zero-order chi connectivity index (χ0) is 12.4. The lowest BCUT2D eigenvalue weighted by Gasteiger charge is -2.08. The molecule has 0 amide bonds. The number of fused-ring (bicyclic) bond motifs is 3. The molecule has 3 rings (SSSR count). The second kappa shape index (κ2) is 4.60.